The van der Waals surface area contributed by atoms with Gasteiger partial charge in [-0.1, -0.05) is 12.1 Å². The van der Waals surface area contributed by atoms with Crippen molar-refractivity contribution < 1.29 is 18.8 Å². The van der Waals surface area contributed by atoms with Gasteiger partial charge in [0.1, 0.15) is 11.5 Å². The van der Waals surface area contributed by atoms with Gasteiger partial charge >= 0.3 is 0 Å². The minimum absolute atomic E-state index is 0.00494. The molecule has 8 heteroatoms. The first-order valence-corrected chi connectivity index (χ1v) is 14.2. The smallest absolute Gasteiger partial charge is 0.255 e. The van der Waals surface area contributed by atoms with E-state index in [0.717, 1.165) is 32.5 Å². The quantitative estimate of drug-likeness (QED) is 0.352. The molecule has 3 aromatic rings. The highest BCUT2D eigenvalue weighted by atomic mass is 19.1. The lowest BCUT2D eigenvalue weighted by Gasteiger charge is -2.31. The molecule has 1 amide bonds. The predicted octanol–water partition coefficient (Wildman–Crippen LogP) is 5.31. The monoisotopic (exact) mass is 552 g/mol. The van der Waals surface area contributed by atoms with E-state index in [4.69, 9.17) is 5.26 Å². The largest absolute Gasteiger partial charge is 0.339 e. The molecular weight excluding hydrogens is 519 g/mol. The van der Waals surface area contributed by atoms with Crippen molar-refractivity contribution in [1.82, 2.24) is 14.8 Å². The molecule has 2 fully saturated rings. The summed E-state index contributed by atoms with van der Waals surface area (Å²) in [5.74, 6) is -0.430. The summed E-state index contributed by atoms with van der Waals surface area (Å²) in [5, 5.41) is 8.96. The number of benzene rings is 2. The molecule has 1 aromatic heterocycles. The second-order valence-electron chi connectivity index (χ2n) is 11.0. The van der Waals surface area contributed by atoms with Crippen LogP contribution in [0.4, 0.5) is 4.39 Å². The van der Waals surface area contributed by atoms with E-state index < -0.39 is 0 Å². The van der Waals surface area contributed by atoms with Gasteiger partial charge in [0.25, 0.3) is 5.91 Å². The molecule has 0 N–H and O–H groups in total. The first-order valence-electron chi connectivity index (χ1n) is 14.2. The summed E-state index contributed by atoms with van der Waals surface area (Å²) in [6.45, 7) is 3.60. The summed E-state index contributed by atoms with van der Waals surface area (Å²) in [6, 6.07) is 18.7. The Morgan fingerprint density at radius 3 is 2.12 bits per heavy atom. The molecule has 0 radical (unpaired) electrons. The molecule has 3 heterocycles. The first kappa shape index (κ1) is 28.3. The number of aromatic nitrogens is 1. The van der Waals surface area contributed by atoms with E-state index in [0.29, 0.717) is 60.7 Å². The number of pyridine rings is 1. The summed E-state index contributed by atoms with van der Waals surface area (Å²) in [6.07, 6.45) is 4.92. The van der Waals surface area contributed by atoms with Crippen molar-refractivity contribution in [3.8, 4) is 6.07 Å². The average Bonchev–Trinajstić information content (AvgIpc) is 3.02. The number of Topliss-reactive ketones (excluding diaryl/α,β-unsaturated/α-hetero) is 2. The number of amides is 1. The van der Waals surface area contributed by atoms with Crippen LogP contribution in [0.5, 0.6) is 0 Å². The molecule has 0 aliphatic carbocycles. The zero-order valence-corrected chi connectivity index (χ0v) is 23.0. The third-order valence-corrected chi connectivity index (χ3v) is 8.25. The molecule has 0 unspecified atom stereocenters. The molecule has 0 saturated carbocycles. The average molecular weight is 553 g/mol. The van der Waals surface area contributed by atoms with Crippen molar-refractivity contribution in [2.45, 2.75) is 38.6 Å². The van der Waals surface area contributed by atoms with Crippen molar-refractivity contribution in [3.63, 3.8) is 0 Å². The number of likely N-dealkylation sites (tertiary alicyclic amines) is 2. The van der Waals surface area contributed by atoms with Crippen LogP contribution in [0.15, 0.2) is 66.9 Å². The van der Waals surface area contributed by atoms with E-state index in [2.05, 4.69) is 16.0 Å². The van der Waals surface area contributed by atoms with Gasteiger partial charge in [-0.15, -0.1) is 0 Å². The Balaban J connectivity index is 1.07. The highest BCUT2D eigenvalue weighted by molar-refractivity contribution is 5.99. The Hall–Kier alpha value is -4.22. The highest BCUT2D eigenvalue weighted by Crippen LogP contribution is 2.25. The van der Waals surface area contributed by atoms with Gasteiger partial charge < -0.3 is 4.90 Å². The lowest BCUT2D eigenvalue weighted by Crippen LogP contribution is -2.40. The van der Waals surface area contributed by atoms with Crippen LogP contribution < -0.4 is 0 Å². The van der Waals surface area contributed by atoms with Gasteiger partial charge in [0.15, 0.2) is 11.6 Å². The van der Waals surface area contributed by atoms with Crippen LogP contribution >= 0.6 is 0 Å². The third-order valence-electron chi connectivity index (χ3n) is 8.25. The number of hydrogen-bond donors (Lipinski definition) is 0. The number of carbonyl (C=O) groups excluding carboxylic acids is 3. The van der Waals surface area contributed by atoms with Gasteiger partial charge in [-0.3, -0.25) is 24.3 Å². The lowest BCUT2D eigenvalue weighted by molar-refractivity contribution is 0.0649. The molecule has 41 heavy (non-hydrogen) atoms. The summed E-state index contributed by atoms with van der Waals surface area (Å²) in [4.78, 5) is 47.1. The molecule has 5 rings (SSSR count). The van der Waals surface area contributed by atoms with Crippen LogP contribution in [0.3, 0.4) is 0 Å². The number of nitriles is 1. The zero-order chi connectivity index (χ0) is 28.8. The molecule has 2 aliphatic rings. The van der Waals surface area contributed by atoms with Crippen LogP contribution in [0.2, 0.25) is 0 Å². The molecule has 0 atom stereocenters. The van der Waals surface area contributed by atoms with E-state index in [9.17, 15) is 18.8 Å². The van der Waals surface area contributed by atoms with E-state index in [1.54, 1.807) is 17.0 Å². The Morgan fingerprint density at radius 2 is 1.51 bits per heavy atom. The number of nitrogens with zero attached hydrogens (tertiary/aromatic N) is 4. The van der Waals surface area contributed by atoms with Gasteiger partial charge in [-0.25, -0.2) is 4.39 Å². The van der Waals surface area contributed by atoms with E-state index in [-0.39, 0.29) is 29.2 Å². The van der Waals surface area contributed by atoms with E-state index in [1.807, 2.05) is 24.3 Å². The van der Waals surface area contributed by atoms with Gasteiger partial charge in [-0.05, 0) is 98.8 Å². The van der Waals surface area contributed by atoms with Crippen LogP contribution in [0.25, 0.3) is 0 Å². The number of piperidine rings is 2. The fourth-order valence-electron chi connectivity index (χ4n) is 5.72. The van der Waals surface area contributed by atoms with Crippen LogP contribution in [-0.4, -0.2) is 58.4 Å². The third kappa shape index (κ3) is 7.11. The van der Waals surface area contributed by atoms with Crippen molar-refractivity contribution in [2.24, 2.45) is 11.8 Å². The first-order chi connectivity index (χ1) is 19.9. The summed E-state index contributed by atoms with van der Waals surface area (Å²) in [7, 11) is 0. The topological polar surface area (TPSA) is 94.4 Å². The van der Waals surface area contributed by atoms with Crippen LogP contribution in [-0.2, 0) is 6.54 Å². The summed E-state index contributed by atoms with van der Waals surface area (Å²) < 4.78 is 13.2. The Bertz CT molecular complexity index is 1420. The maximum absolute atomic E-state index is 13.2. The second kappa shape index (κ2) is 13.0. The number of rotatable bonds is 8. The molecule has 2 aliphatic heterocycles. The molecule has 210 valence electrons. The minimum atomic E-state index is -0.374. The normalized spacial score (nSPS) is 16.7. The Kier molecular flexibility index (Phi) is 8.95. The van der Waals surface area contributed by atoms with Gasteiger partial charge in [0.2, 0.25) is 0 Å². The Morgan fingerprint density at radius 1 is 0.854 bits per heavy atom. The van der Waals surface area contributed by atoms with Crippen molar-refractivity contribution >= 4 is 17.5 Å². The predicted molar refractivity (Wildman–Crippen MR) is 152 cm³/mol. The van der Waals surface area contributed by atoms with E-state index in [1.165, 1.54) is 36.0 Å². The maximum atomic E-state index is 13.2. The lowest BCUT2D eigenvalue weighted by atomic mass is 9.88. The molecule has 2 saturated heterocycles. The number of ketones is 2. The number of carbonyl (C=O) groups is 3. The molecule has 7 nitrogen and oxygen atoms in total. The molecular formula is C33H33FN4O3. The van der Waals surface area contributed by atoms with Crippen LogP contribution in [0.1, 0.15) is 74.4 Å². The zero-order valence-electron chi connectivity index (χ0n) is 23.0. The van der Waals surface area contributed by atoms with Crippen molar-refractivity contribution in [2.75, 3.05) is 26.2 Å². The van der Waals surface area contributed by atoms with Crippen molar-refractivity contribution in [3.05, 3.63) is 101 Å². The molecule has 0 spiro atoms. The van der Waals surface area contributed by atoms with Gasteiger partial charge in [0, 0.05) is 43.7 Å². The number of hydrogen-bond acceptors (Lipinski definition) is 6. The van der Waals surface area contributed by atoms with Crippen LogP contribution in [0, 0.1) is 29.0 Å². The number of halogens is 1. The second-order valence-corrected chi connectivity index (χ2v) is 11.0. The fraction of sp³-hybridized carbons (Fsp3) is 0.364. The van der Waals surface area contributed by atoms with E-state index >= 15 is 0 Å². The highest BCUT2D eigenvalue weighted by Gasteiger charge is 2.29. The molecule has 0 bridgehead atoms. The maximum Gasteiger partial charge on any atom is 0.255 e. The Labute approximate surface area is 239 Å². The standard InChI is InChI=1S/C33H33FN4O3/c34-29-8-5-26(6-9-29)32(40)27-13-17-38(18-14-27)33(41)28-7-10-30(36-21-28)31(39)19-23-11-15-37(16-12-23)22-25-3-1-24(20-35)2-4-25/h1-10,21,23,27H,11-19,22H2. The van der Waals surface area contributed by atoms with Gasteiger partial charge in [0.05, 0.1) is 17.2 Å². The van der Waals surface area contributed by atoms with Crippen molar-refractivity contribution in [1.29, 1.82) is 5.26 Å². The minimum Gasteiger partial charge on any atom is -0.339 e. The van der Waals surface area contributed by atoms with Gasteiger partial charge in [-0.2, -0.15) is 5.26 Å². The summed E-state index contributed by atoms with van der Waals surface area (Å²) >= 11 is 0. The summed E-state index contributed by atoms with van der Waals surface area (Å²) in [5.41, 5.74) is 3.15. The SMILES string of the molecule is N#Cc1ccc(CN2CCC(CC(=O)c3ccc(C(=O)N4CCC(C(=O)c5ccc(F)cc5)CC4)cn3)CC2)cc1. The molecule has 2 aromatic carbocycles. The fourth-order valence-corrected chi connectivity index (χ4v) is 5.72.